The molecule has 1 N–H and O–H groups in total. The molecule has 1 rings (SSSR count). The van der Waals surface area contributed by atoms with Gasteiger partial charge in [-0.1, -0.05) is 20.3 Å². The van der Waals surface area contributed by atoms with E-state index in [9.17, 15) is 4.79 Å². The van der Waals surface area contributed by atoms with Crippen molar-refractivity contribution in [3.05, 3.63) is 21.7 Å². The van der Waals surface area contributed by atoms with Crippen LogP contribution in [-0.2, 0) is 16.1 Å². The van der Waals surface area contributed by atoms with Crippen LogP contribution in [0.5, 0.6) is 0 Å². The first-order chi connectivity index (χ1) is 8.08. The number of nitrogens with one attached hydrogen (secondary N) is 1. The van der Waals surface area contributed by atoms with Crippen LogP contribution in [0.4, 0.5) is 0 Å². The summed E-state index contributed by atoms with van der Waals surface area (Å²) in [6.45, 7) is 4.62. The highest BCUT2D eigenvalue weighted by atomic mass is 127. The number of methoxy groups -OCH3 is 1. The van der Waals surface area contributed by atoms with Crippen LogP contribution in [0.3, 0.4) is 0 Å². The number of furan rings is 1. The second-order valence-electron chi connectivity index (χ2n) is 3.97. The van der Waals surface area contributed by atoms with E-state index in [4.69, 9.17) is 9.15 Å². The SMILES string of the molecule is CCC(C)C(NCc1ccc(I)o1)C(=O)OC. The fourth-order valence-electron chi connectivity index (χ4n) is 1.54. The molecule has 0 saturated carbocycles. The highest BCUT2D eigenvalue weighted by Crippen LogP contribution is 2.13. The number of esters is 1. The Morgan fingerprint density at radius 2 is 2.29 bits per heavy atom. The van der Waals surface area contributed by atoms with Crippen LogP contribution in [0.1, 0.15) is 26.0 Å². The van der Waals surface area contributed by atoms with Gasteiger partial charge in [-0.15, -0.1) is 0 Å². The molecule has 1 aromatic heterocycles. The maximum Gasteiger partial charge on any atom is 0.323 e. The molecular weight excluding hydrogens is 333 g/mol. The molecule has 0 aliphatic rings. The van der Waals surface area contributed by atoms with Gasteiger partial charge in [-0.05, 0) is 40.6 Å². The van der Waals surface area contributed by atoms with Crippen LogP contribution in [0, 0.1) is 9.68 Å². The number of rotatable bonds is 6. The van der Waals surface area contributed by atoms with Gasteiger partial charge in [0, 0.05) is 0 Å². The molecule has 0 bridgehead atoms. The zero-order valence-electron chi connectivity index (χ0n) is 10.3. The highest BCUT2D eigenvalue weighted by Gasteiger charge is 2.24. The molecule has 0 spiro atoms. The Morgan fingerprint density at radius 3 is 2.76 bits per heavy atom. The Kier molecular flexibility index (Phi) is 5.97. The second kappa shape index (κ2) is 7.00. The first-order valence-electron chi connectivity index (χ1n) is 5.63. The maximum absolute atomic E-state index is 11.6. The Hall–Kier alpha value is -0.560. The Labute approximate surface area is 115 Å². The van der Waals surface area contributed by atoms with Crippen LogP contribution in [-0.4, -0.2) is 19.1 Å². The topological polar surface area (TPSA) is 51.5 Å². The summed E-state index contributed by atoms with van der Waals surface area (Å²) in [4.78, 5) is 11.6. The number of hydrogen-bond acceptors (Lipinski definition) is 4. The molecule has 5 heteroatoms. The minimum Gasteiger partial charge on any atom is -0.468 e. The highest BCUT2D eigenvalue weighted by molar-refractivity contribution is 14.1. The van der Waals surface area contributed by atoms with Gasteiger partial charge in [-0.25, -0.2) is 0 Å². The molecule has 0 aliphatic heterocycles. The van der Waals surface area contributed by atoms with Gasteiger partial charge in [-0.3, -0.25) is 10.1 Å². The van der Waals surface area contributed by atoms with Crippen LogP contribution < -0.4 is 5.32 Å². The van der Waals surface area contributed by atoms with Crippen molar-refractivity contribution in [3.63, 3.8) is 0 Å². The first kappa shape index (κ1) is 14.5. The Bertz CT molecular complexity index is 364. The molecule has 2 unspecified atom stereocenters. The van der Waals surface area contributed by atoms with Crippen LogP contribution in [0.25, 0.3) is 0 Å². The second-order valence-corrected chi connectivity index (χ2v) is 5.04. The average molecular weight is 351 g/mol. The summed E-state index contributed by atoms with van der Waals surface area (Å²) in [5, 5.41) is 3.18. The molecular formula is C12H18INO3. The van der Waals surface area contributed by atoms with Gasteiger partial charge in [0.25, 0.3) is 0 Å². The predicted octanol–water partition coefficient (Wildman–Crippen LogP) is 2.56. The standard InChI is InChI=1S/C12H18INO3/c1-4-8(2)11(12(15)16-3)14-7-9-5-6-10(13)17-9/h5-6,8,11,14H,4,7H2,1-3H3. The smallest absolute Gasteiger partial charge is 0.323 e. The summed E-state index contributed by atoms with van der Waals surface area (Å²) in [5.41, 5.74) is 0. The monoisotopic (exact) mass is 351 g/mol. The van der Waals surface area contributed by atoms with Crippen molar-refractivity contribution in [2.45, 2.75) is 32.9 Å². The summed E-state index contributed by atoms with van der Waals surface area (Å²) in [7, 11) is 1.41. The molecule has 4 nitrogen and oxygen atoms in total. The van der Waals surface area contributed by atoms with Gasteiger partial charge in [0.05, 0.1) is 13.7 Å². The molecule has 0 aromatic carbocycles. The normalized spacial score (nSPS) is 14.4. The number of carbonyl (C=O) groups excluding carboxylic acids is 1. The van der Waals surface area contributed by atoms with Gasteiger partial charge < -0.3 is 9.15 Å². The van der Waals surface area contributed by atoms with Crippen molar-refractivity contribution in [3.8, 4) is 0 Å². The van der Waals surface area contributed by atoms with Crippen molar-refractivity contribution in [2.24, 2.45) is 5.92 Å². The van der Waals surface area contributed by atoms with E-state index in [0.29, 0.717) is 6.54 Å². The van der Waals surface area contributed by atoms with E-state index in [-0.39, 0.29) is 17.9 Å². The molecule has 1 heterocycles. The lowest BCUT2D eigenvalue weighted by atomic mass is 9.99. The van der Waals surface area contributed by atoms with E-state index in [1.54, 1.807) is 0 Å². The van der Waals surface area contributed by atoms with E-state index >= 15 is 0 Å². The van der Waals surface area contributed by atoms with E-state index in [1.165, 1.54) is 7.11 Å². The third-order valence-corrected chi connectivity index (χ3v) is 3.37. The van der Waals surface area contributed by atoms with Crippen molar-refractivity contribution < 1.29 is 13.9 Å². The fraction of sp³-hybridized carbons (Fsp3) is 0.583. The Balaban J connectivity index is 2.57. The van der Waals surface area contributed by atoms with Gasteiger partial charge in [-0.2, -0.15) is 0 Å². The van der Waals surface area contributed by atoms with Gasteiger partial charge in [0.1, 0.15) is 11.8 Å². The molecule has 0 saturated heterocycles. The largest absolute Gasteiger partial charge is 0.468 e. The van der Waals surface area contributed by atoms with Crippen molar-refractivity contribution in [1.29, 1.82) is 0 Å². The first-order valence-corrected chi connectivity index (χ1v) is 6.71. The lowest BCUT2D eigenvalue weighted by Gasteiger charge is -2.21. The van der Waals surface area contributed by atoms with Crippen LogP contribution in [0.15, 0.2) is 16.5 Å². The minimum atomic E-state index is -0.284. The van der Waals surface area contributed by atoms with Gasteiger partial charge >= 0.3 is 5.97 Å². The number of hydrogen-bond donors (Lipinski definition) is 1. The average Bonchev–Trinajstić information content (AvgIpc) is 2.74. The molecule has 0 amide bonds. The van der Waals surface area contributed by atoms with Crippen LogP contribution >= 0.6 is 22.6 Å². The molecule has 0 aliphatic carbocycles. The van der Waals surface area contributed by atoms with Crippen molar-refractivity contribution in [1.82, 2.24) is 5.32 Å². The summed E-state index contributed by atoms with van der Waals surface area (Å²) in [6.07, 6.45) is 0.919. The molecule has 1 aromatic rings. The zero-order valence-corrected chi connectivity index (χ0v) is 12.5. The number of carbonyl (C=O) groups is 1. The van der Waals surface area contributed by atoms with Gasteiger partial charge in [0.15, 0.2) is 3.77 Å². The Morgan fingerprint density at radius 1 is 1.59 bits per heavy atom. The predicted molar refractivity (Wildman–Crippen MR) is 73.5 cm³/mol. The fourth-order valence-corrected chi connectivity index (χ4v) is 2.00. The third kappa shape index (κ3) is 4.31. The summed E-state index contributed by atoms with van der Waals surface area (Å²) >= 11 is 2.11. The minimum absolute atomic E-state index is 0.222. The van der Waals surface area contributed by atoms with Crippen molar-refractivity contribution >= 4 is 28.6 Å². The molecule has 96 valence electrons. The molecule has 17 heavy (non-hydrogen) atoms. The van der Waals surface area contributed by atoms with E-state index in [1.807, 2.05) is 19.1 Å². The number of halogens is 1. The van der Waals surface area contributed by atoms with Gasteiger partial charge in [0.2, 0.25) is 0 Å². The van der Waals surface area contributed by atoms with Crippen molar-refractivity contribution in [2.75, 3.05) is 7.11 Å². The lowest BCUT2D eigenvalue weighted by molar-refractivity contribution is -0.144. The van der Waals surface area contributed by atoms with Crippen LogP contribution in [0.2, 0.25) is 0 Å². The zero-order chi connectivity index (χ0) is 12.8. The summed E-state index contributed by atoms with van der Waals surface area (Å²) < 4.78 is 11.1. The lowest BCUT2D eigenvalue weighted by Crippen LogP contribution is -2.42. The molecule has 2 atom stereocenters. The summed E-state index contributed by atoms with van der Waals surface area (Å²) in [6, 6.07) is 3.51. The van der Waals surface area contributed by atoms with E-state index in [0.717, 1.165) is 15.9 Å². The van der Waals surface area contributed by atoms with E-state index in [2.05, 4.69) is 34.8 Å². The maximum atomic E-state index is 11.6. The third-order valence-electron chi connectivity index (χ3n) is 2.79. The van der Waals surface area contributed by atoms with E-state index < -0.39 is 0 Å². The molecule has 0 fully saturated rings. The molecule has 0 radical (unpaired) electrons. The number of ether oxygens (including phenoxy) is 1. The summed E-state index contributed by atoms with van der Waals surface area (Å²) in [5.74, 6) is 0.837. The quantitative estimate of drug-likeness (QED) is 0.632.